The van der Waals surface area contributed by atoms with Crippen molar-refractivity contribution in [1.29, 1.82) is 0 Å². The molecule has 0 radical (unpaired) electrons. The van der Waals surface area contributed by atoms with Gasteiger partial charge in [0.1, 0.15) is 5.82 Å². The van der Waals surface area contributed by atoms with E-state index >= 15 is 0 Å². The van der Waals surface area contributed by atoms with Gasteiger partial charge in [0.25, 0.3) is 0 Å². The van der Waals surface area contributed by atoms with Crippen LogP contribution in [-0.2, 0) is 25.9 Å². The minimum atomic E-state index is 0.837. The van der Waals surface area contributed by atoms with E-state index in [9.17, 15) is 0 Å². The zero-order valence-corrected chi connectivity index (χ0v) is 16.5. The second-order valence-electron chi connectivity index (χ2n) is 8.66. The van der Waals surface area contributed by atoms with Crippen LogP contribution in [0.3, 0.4) is 0 Å². The summed E-state index contributed by atoms with van der Waals surface area (Å²) >= 11 is 0. The fourth-order valence-corrected chi connectivity index (χ4v) is 5.22. The van der Waals surface area contributed by atoms with Crippen molar-refractivity contribution in [1.82, 2.24) is 14.5 Å². The first kappa shape index (κ1) is 16.6. The van der Waals surface area contributed by atoms with Gasteiger partial charge in [-0.15, -0.1) is 0 Å². The average Bonchev–Trinajstić information content (AvgIpc) is 2.92. The summed E-state index contributed by atoms with van der Waals surface area (Å²) in [7, 11) is 0. The zero-order chi connectivity index (χ0) is 18.5. The molecule has 1 aliphatic carbocycles. The van der Waals surface area contributed by atoms with Crippen LogP contribution in [-0.4, -0.2) is 40.1 Å². The molecule has 4 heteroatoms. The molecular formula is C24H28N4. The Bertz CT molecular complexity index is 1020. The molecule has 1 saturated carbocycles. The lowest BCUT2D eigenvalue weighted by Gasteiger charge is -2.36. The molecule has 6 rings (SSSR count). The SMILES string of the molecule is c1ccc2c(c1)CCN(c1ccc3c(c1)nc1n3CCN(C3CCC3)CC1)C2. The van der Waals surface area contributed by atoms with Crippen LogP contribution in [0.2, 0.25) is 0 Å². The molecular weight excluding hydrogens is 344 g/mol. The van der Waals surface area contributed by atoms with Crippen LogP contribution in [0.15, 0.2) is 42.5 Å². The van der Waals surface area contributed by atoms with E-state index in [1.54, 1.807) is 0 Å². The second-order valence-corrected chi connectivity index (χ2v) is 8.66. The van der Waals surface area contributed by atoms with Gasteiger partial charge in [-0.25, -0.2) is 4.98 Å². The number of nitrogens with zero attached hydrogens (tertiary/aromatic N) is 4. The highest BCUT2D eigenvalue weighted by atomic mass is 15.2. The van der Waals surface area contributed by atoms with Crippen molar-refractivity contribution in [2.24, 2.45) is 0 Å². The highest BCUT2D eigenvalue weighted by Gasteiger charge is 2.27. The largest absolute Gasteiger partial charge is 0.367 e. The molecule has 144 valence electrons. The molecule has 0 spiro atoms. The van der Waals surface area contributed by atoms with Gasteiger partial charge in [0.15, 0.2) is 0 Å². The molecule has 0 N–H and O–H groups in total. The van der Waals surface area contributed by atoms with Crippen molar-refractivity contribution in [3.8, 4) is 0 Å². The standard InChI is InChI=1S/C24H28N4/c1-2-5-19-17-27(12-10-18(19)4-1)21-8-9-23-22(16-21)25-24-11-13-26(14-15-28(23)24)20-6-3-7-20/h1-2,4-5,8-9,16,20H,3,6-7,10-15,17H2. The molecule has 1 aromatic heterocycles. The fraction of sp³-hybridized carbons (Fsp3) is 0.458. The number of anilines is 1. The van der Waals surface area contributed by atoms with E-state index in [1.165, 1.54) is 66.0 Å². The topological polar surface area (TPSA) is 24.3 Å². The summed E-state index contributed by atoms with van der Waals surface area (Å²) in [6.45, 7) is 5.52. The quantitative estimate of drug-likeness (QED) is 0.679. The van der Waals surface area contributed by atoms with Gasteiger partial charge in [0.05, 0.1) is 11.0 Å². The summed E-state index contributed by atoms with van der Waals surface area (Å²) in [6.07, 6.45) is 6.41. The van der Waals surface area contributed by atoms with Crippen LogP contribution >= 0.6 is 0 Å². The van der Waals surface area contributed by atoms with Crippen molar-refractivity contribution < 1.29 is 0 Å². The summed E-state index contributed by atoms with van der Waals surface area (Å²) in [6, 6.07) is 16.6. The molecule has 0 unspecified atom stereocenters. The predicted octanol–water partition coefficient (Wildman–Crippen LogP) is 4.01. The van der Waals surface area contributed by atoms with Crippen LogP contribution in [0, 0.1) is 0 Å². The molecule has 0 saturated heterocycles. The second kappa shape index (κ2) is 6.63. The summed E-state index contributed by atoms with van der Waals surface area (Å²) in [5.41, 5.74) is 6.76. The Morgan fingerprint density at radius 2 is 1.75 bits per heavy atom. The van der Waals surface area contributed by atoms with Crippen LogP contribution in [0.1, 0.15) is 36.2 Å². The molecule has 28 heavy (non-hydrogen) atoms. The maximum absolute atomic E-state index is 5.06. The van der Waals surface area contributed by atoms with Gasteiger partial charge >= 0.3 is 0 Å². The van der Waals surface area contributed by atoms with Crippen LogP contribution < -0.4 is 4.90 Å². The van der Waals surface area contributed by atoms with Gasteiger partial charge in [-0.1, -0.05) is 30.7 Å². The summed E-state index contributed by atoms with van der Waals surface area (Å²) in [4.78, 5) is 10.3. The van der Waals surface area contributed by atoms with Gasteiger partial charge in [0.2, 0.25) is 0 Å². The molecule has 0 bridgehead atoms. The fourth-order valence-electron chi connectivity index (χ4n) is 5.22. The third kappa shape index (κ3) is 2.74. The number of aromatic nitrogens is 2. The molecule has 2 aromatic carbocycles. The van der Waals surface area contributed by atoms with E-state index in [0.29, 0.717) is 0 Å². The molecule has 2 aliphatic heterocycles. The number of benzene rings is 2. The summed E-state index contributed by atoms with van der Waals surface area (Å²) in [5, 5.41) is 0. The van der Waals surface area contributed by atoms with Gasteiger partial charge in [-0.05, 0) is 48.6 Å². The van der Waals surface area contributed by atoms with Crippen molar-refractivity contribution in [2.45, 2.75) is 51.2 Å². The first-order valence-corrected chi connectivity index (χ1v) is 10.9. The third-order valence-corrected chi connectivity index (χ3v) is 7.13. The Labute approximate surface area is 166 Å². The van der Waals surface area contributed by atoms with Crippen LogP contribution in [0.5, 0.6) is 0 Å². The number of rotatable bonds is 2. The Hall–Kier alpha value is -2.33. The number of imidazole rings is 1. The van der Waals surface area contributed by atoms with Crippen LogP contribution in [0.25, 0.3) is 11.0 Å². The van der Waals surface area contributed by atoms with Gasteiger partial charge in [0, 0.05) is 50.9 Å². The van der Waals surface area contributed by atoms with Gasteiger partial charge < -0.3 is 9.47 Å². The van der Waals surface area contributed by atoms with Gasteiger partial charge in [-0.2, -0.15) is 0 Å². The maximum atomic E-state index is 5.06. The van der Waals surface area contributed by atoms with E-state index in [-0.39, 0.29) is 0 Å². The van der Waals surface area contributed by atoms with E-state index in [1.807, 2.05) is 0 Å². The Morgan fingerprint density at radius 1 is 0.857 bits per heavy atom. The maximum Gasteiger partial charge on any atom is 0.111 e. The Morgan fingerprint density at radius 3 is 2.61 bits per heavy atom. The highest BCUT2D eigenvalue weighted by molar-refractivity contribution is 5.80. The minimum absolute atomic E-state index is 0.837. The average molecular weight is 373 g/mol. The Kier molecular flexibility index (Phi) is 3.93. The van der Waals surface area contributed by atoms with Crippen molar-refractivity contribution >= 4 is 16.7 Å². The predicted molar refractivity (Wildman–Crippen MR) is 114 cm³/mol. The smallest absolute Gasteiger partial charge is 0.111 e. The number of hydrogen-bond acceptors (Lipinski definition) is 3. The van der Waals surface area contributed by atoms with E-state index in [2.05, 4.69) is 56.8 Å². The molecule has 0 atom stereocenters. The lowest BCUT2D eigenvalue weighted by molar-refractivity contribution is 0.130. The van der Waals surface area contributed by atoms with Crippen molar-refractivity contribution in [3.05, 3.63) is 59.4 Å². The lowest BCUT2D eigenvalue weighted by atomic mass is 9.91. The lowest BCUT2D eigenvalue weighted by Crippen LogP contribution is -2.41. The minimum Gasteiger partial charge on any atom is -0.367 e. The zero-order valence-electron chi connectivity index (χ0n) is 16.5. The highest BCUT2D eigenvalue weighted by Crippen LogP contribution is 2.30. The Balaban J connectivity index is 1.27. The molecule has 4 nitrogen and oxygen atoms in total. The molecule has 3 heterocycles. The first-order valence-electron chi connectivity index (χ1n) is 10.9. The summed E-state index contributed by atoms with van der Waals surface area (Å²) < 4.78 is 2.48. The third-order valence-electron chi connectivity index (χ3n) is 7.13. The molecule has 1 fully saturated rings. The van der Waals surface area contributed by atoms with E-state index in [0.717, 1.165) is 38.5 Å². The van der Waals surface area contributed by atoms with Gasteiger partial charge in [-0.3, -0.25) is 4.90 Å². The number of fused-ring (bicyclic) bond motifs is 4. The first-order chi connectivity index (χ1) is 13.8. The van der Waals surface area contributed by atoms with Crippen LogP contribution in [0.4, 0.5) is 5.69 Å². The van der Waals surface area contributed by atoms with Crippen molar-refractivity contribution in [2.75, 3.05) is 24.5 Å². The van der Waals surface area contributed by atoms with Crippen molar-refractivity contribution in [3.63, 3.8) is 0 Å². The van der Waals surface area contributed by atoms with E-state index < -0.39 is 0 Å². The van der Waals surface area contributed by atoms with E-state index in [4.69, 9.17) is 4.98 Å². The summed E-state index contributed by atoms with van der Waals surface area (Å²) in [5.74, 6) is 1.28. The monoisotopic (exact) mass is 372 g/mol. The molecule has 0 amide bonds. The molecule has 3 aromatic rings. The molecule has 3 aliphatic rings. The number of hydrogen-bond donors (Lipinski definition) is 0. The normalized spacial score (nSPS) is 20.5.